The van der Waals surface area contributed by atoms with Crippen molar-refractivity contribution in [3.05, 3.63) is 33.1 Å². The molecule has 0 saturated carbocycles. The number of hydrogen-bond acceptors (Lipinski definition) is 3. The molecule has 0 aliphatic rings. The third-order valence-electron chi connectivity index (χ3n) is 1.91. The monoisotopic (exact) mass is 269 g/mol. The van der Waals surface area contributed by atoms with Crippen molar-refractivity contribution in [1.29, 1.82) is 0 Å². The molecule has 0 bridgehead atoms. The van der Waals surface area contributed by atoms with Crippen LogP contribution in [-0.2, 0) is 0 Å². The molecule has 0 aliphatic heterocycles. The summed E-state index contributed by atoms with van der Waals surface area (Å²) in [5.74, 6) is 0.278. The molecule has 1 aromatic carbocycles. The summed E-state index contributed by atoms with van der Waals surface area (Å²) in [4.78, 5) is 5.53. The number of aromatic nitrogens is 1. The summed E-state index contributed by atoms with van der Waals surface area (Å²) in [6, 6.07) is 7.07. The van der Waals surface area contributed by atoms with Gasteiger partial charge in [-0.15, -0.1) is 11.3 Å². The van der Waals surface area contributed by atoms with E-state index in [-0.39, 0.29) is 5.75 Å². The van der Waals surface area contributed by atoms with E-state index in [2.05, 4.69) is 20.9 Å². The second kappa shape index (κ2) is 3.71. The zero-order valence-electron chi connectivity index (χ0n) is 7.49. The van der Waals surface area contributed by atoms with Crippen LogP contribution in [0.2, 0.25) is 0 Å². The maximum atomic E-state index is 9.15. The highest BCUT2D eigenvalue weighted by molar-refractivity contribution is 9.11. The second-order valence-corrected chi connectivity index (χ2v) is 5.40. The summed E-state index contributed by atoms with van der Waals surface area (Å²) in [7, 11) is 0. The lowest BCUT2D eigenvalue weighted by atomic mass is 10.1. The van der Waals surface area contributed by atoms with Gasteiger partial charge >= 0.3 is 0 Å². The molecule has 2 aromatic rings. The number of aryl methyl sites for hydroxylation is 1. The van der Waals surface area contributed by atoms with Crippen LogP contribution < -0.4 is 0 Å². The van der Waals surface area contributed by atoms with Crippen LogP contribution >= 0.6 is 27.3 Å². The average Bonchev–Trinajstić information content (AvgIpc) is 2.47. The van der Waals surface area contributed by atoms with Crippen molar-refractivity contribution in [3.63, 3.8) is 0 Å². The number of phenols is 1. The van der Waals surface area contributed by atoms with Gasteiger partial charge in [0.1, 0.15) is 5.75 Å². The van der Waals surface area contributed by atoms with Gasteiger partial charge in [0.25, 0.3) is 0 Å². The summed E-state index contributed by atoms with van der Waals surface area (Å²) in [5.41, 5.74) is 2.00. The Labute approximate surface area is 94.4 Å². The van der Waals surface area contributed by atoms with Crippen molar-refractivity contribution in [2.75, 3.05) is 0 Å². The van der Waals surface area contributed by atoms with E-state index >= 15 is 0 Å². The maximum Gasteiger partial charge on any atom is 0.160 e. The summed E-state index contributed by atoms with van der Waals surface area (Å²) in [6.45, 7) is 2.03. The van der Waals surface area contributed by atoms with Crippen LogP contribution in [0.1, 0.15) is 4.88 Å². The predicted octanol–water partition coefficient (Wildman–Crippen LogP) is 3.59. The summed E-state index contributed by atoms with van der Waals surface area (Å²) < 4.78 is 0.887. The highest BCUT2D eigenvalue weighted by Crippen LogP contribution is 2.30. The Kier molecular flexibility index (Phi) is 2.56. The molecule has 0 radical (unpaired) electrons. The first-order valence-corrected chi connectivity index (χ1v) is 5.70. The van der Waals surface area contributed by atoms with E-state index in [1.54, 1.807) is 23.5 Å². The lowest BCUT2D eigenvalue weighted by molar-refractivity contribution is 0.475. The van der Waals surface area contributed by atoms with Gasteiger partial charge in [-0.1, -0.05) is 0 Å². The van der Waals surface area contributed by atoms with Crippen molar-refractivity contribution in [1.82, 2.24) is 4.98 Å². The molecule has 1 heterocycles. The summed E-state index contributed by atoms with van der Waals surface area (Å²) in [6.07, 6.45) is 0. The van der Waals surface area contributed by atoms with Gasteiger partial charge in [-0.2, -0.15) is 0 Å². The molecule has 0 saturated heterocycles. The van der Waals surface area contributed by atoms with Gasteiger partial charge in [0.15, 0.2) is 3.92 Å². The number of rotatable bonds is 1. The molecule has 2 nitrogen and oxygen atoms in total. The van der Waals surface area contributed by atoms with Gasteiger partial charge in [-0.3, -0.25) is 0 Å². The van der Waals surface area contributed by atoms with Crippen LogP contribution in [-0.4, -0.2) is 10.1 Å². The van der Waals surface area contributed by atoms with Crippen LogP contribution in [0.5, 0.6) is 5.75 Å². The van der Waals surface area contributed by atoms with E-state index in [0.717, 1.165) is 15.2 Å². The number of halogens is 1. The summed E-state index contributed by atoms with van der Waals surface area (Å²) in [5, 5.41) is 9.15. The van der Waals surface area contributed by atoms with Crippen LogP contribution in [0.25, 0.3) is 11.3 Å². The SMILES string of the molecule is Cc1sc(Br)nc1-c1ccc(O)cc1. The van der Waals surface area contributed by atoms with Gasteiger partial charge in [0, 0.05) is 10.4 Å². The van der Waals surface area contributed by atoms with Gasteiger partial charge in [0.2, 0.25) is 0 Å². The molecule has 1 N–H and O–H groups in total. The Hall–Kier alpha value is -0.870. The zero-order valence-corrected chi connectivity index (χ0v) is 9.89. The molecular formula is C10H8BrNOS. The molecule has 4 heteroatoms. The third-order valence-corrected chi connectivity index (χ3v) is 3.33. The average molecular weight is 270 g/mol. The van der Waals surface area contributed by atoms with E-state index in [0.29, 0.717) is 0 Å². The van der Waals surface area contributed by atoms with Crippen molar-refractivity contribution >= 4 is 27.3 Å². The third kappa shape index (κ3) is 1.81. The Balaban J connectivity index is 2.49. The molecule has 0 amide bonds. The van der Waals surface area contributed by atoms with Crippen LogP contribution in [0.4, 0.5) is 0 Å². The largest absolute Gasteiger partial charge is 0.508 e. The standard InChI is InChI=1S/C10H8BrNOS/c1-6-9(12-10(11)14-6)7-2-4-8(13)5-3-7/h2-5,13H,1H3. The molecule has 1 aromatic heterocycles. The molecular weight excluding hydrogens is 262 g/mol. The minimum Gasteiger partial charge on any atom is -0.508 e. The molecule has 14 heavy (non-hydrogen) atoms. The van der Waals surface area contributed by atoms with Gasteiger partial charge in [0.05, 0.1) is 5.69 Å². The maximum absolute atomic E-state index is 9.15. The summed E-state index contributed by atoms with van der Waals surface area (Å²) >= 11 is 4.96. The Morgan fingerprint density at radius 1 is 1.29 bits per heavy atom. The highest BCUT2D eigenvalue weighted by atomic mass is 79.9. The first kappa shape index (κ1) is 9.68. The first-order chi connectivity index (χ1) is 6.66. The normalized spacial score (nSPS) is 10.4. The van der Waals surface area contributed by atoms with E-state index in [9.17, 15) is 0 Å². The fraction of sp³-hybridized carbons (Fsp3) is 0.100. The molecule has 0 aliphatic carbocycles. The van der Waals surface area contributed by atoms with E-state index in [1.165, 1.54) is 4.88 Å². The van der Waals surface area contributed by atoms with Gasteiger partial charge in [-0.05, 0) is 47.1 Å². The predicted molar refractivity (Wildman–Crippen MR) is 61.7 cm³/mol. The fourth-order valence-electron chi connectivity index (χ4n) is 1.25. The van der Waals surface area contributed by atoms with Crippen LogP contribution in [0.3, 0.4) is 0 Å². The fourth-order valence-corrected chi connectivity index (χ4v) is 2.81. The minimum atomic E-state index is 0.278. The molecule has 0 spiro atoms. The molecule has 0 atom stereocenters. The molecule has 0 fully saturated rings. The van der Waals surface area contributed by atoms with Crippen LogP contribution in [0, 0.1) is 6.92 Å². The van der Waals surface area contributed by atoms with Crippen LogP contribution in [0.15, 0.2) is 28.2 Å². The Morgan fingerprint density at radius 3 is 2.43 bits per heavy atom. The quantitative estimate of drug-likeness (QED) is 0.859. The Morgan fingerprint density at radius 2 is 1.93 bits per heavy atom. The van der Waals surface area contributed by atoms with E-state index in [4.69, 9.17) is 5.11 Å². The molecule has 2 rings (SSSR count). The van der Waals surface area contributed by atoms with E-state index < -0.39 is 0 Å². The number of benzene rings is 1. The molecule has 0 unspecified atom stereocenters. The second-order valence-electron chi connectivity index (χ2n) is 2.92. The van der Waals surface area contributed by atoms with E-state index in [1.807, 2.05) is 19.1 Å². The number of aromatic hydroxyl groups is 1. The minimum absolute atomic E-state index is 0.278. The lowest BCUT2D eigenvalue weighted by Gasteiger charge is -1.98. The molecule has 72 valence electrons. The van der Waals surface area contributed by atoms with Gasteiger partial charge in [-0.25, -0.2) is 4.98 Å². The number of hydrogen-bond donors (Lipinski definition) is 1. The smallest absolute Gasteiger partial charge is 0.160 e. The van der Waals surface area contributed by atoms with Gasteiger partial charge < -0.3 is 5.11 Å². The first-order valence-electron chi connectivity index (χ1n) is 4.09. The number of thiazole rings is 1. The van der Waals surface area contributed by atoms with Crippen molar-refractivity contribution in [2.24, 2.45) is 0 Å². The topological polar surface area (TPSA) is 33.1 Å². The Bertz CT molecular complexity index is 450. The highest BCUT2D eigenvalue weighted by Gasteiger charge is 2.07. The number of nitrogens with zero attached hydrogens (tertiary/aromatic N) is 1. The van der Waals surface area contributed by atoms with Crippen molar-refractivity contribution < 1.29 is 5.11 Å². The number of phenolic OH excluding ortho intramolecular Hbond substituents is 1. The lowest BCUT2D eigenvalue weighted by Crippen LogP contribution is -1.79. The van der Waals surface area contributed by atoms with Crippen molar-refractivity contribution in [2.45, 2.75) is 6.92 Å². The zero-order chi connectivity index (χ0) is 10.1. The van der Waals surface area contributed by atoms with Crippen molar-refractivity contribution in [3.8, 4) is 17.0 Å².